The number of nitrogens with zero attached hydrogens (tertiary/aromatic N) is 2. The molecule has 1 spiro atoms. The van der Waals surface area contributed by atoms with E-state index >= 15 is 0 Å². The molecule has 172 valence electrons. The topological polar surface area (TPSA) is 82.5 Å². The molecule has 1 fully saturated rings. The van der Waals surface area contributed by atoms with Crippen molar-refractivity contribution in [2.45, 2.75) is 59.4 Å². The Hall–Kier alpha value is -2.67. The van der Waals surface area contributed by atoms with Crippen molar-refractivity contribution in [2.75, 3.05) is 26.4 Å². The summed E-state index contributed by atoms with van der Waals surface area (Å²) in [6, 6.07) is 5.67. The van der Waals surface area contributed by atoms with Crippen LogP contribution in [0, 0.1) is 19.3 Å². The molecule has 4 rings (SSSR count). The predicted molar refractivity (Wildman–Crippen MR) is 121 cm³/mol. The van der Waals surface area contributed by atoms with E-state index in [1.54, 1.807) is 6.07 Å². The maximum absolute atomic E-state index is 12.9. The van der Waals surface area contributed by atoms with Crippen LogP contribution in [0.4, 0.5) is 0 Å². The number of hydrogen-bond acceptors (Lipinski definition) is 5. The van der Waals surface area contributed by atoms with E-state index in [-0.39, 0.29) is 17.3 Å². The second-order valence-electron chi connectivity index (χ2n) is 9.05. The van der Waals surface area contributed by atoms with E-state index in [4.69, 9.17) is 14.6 Å². The lowest BCUT2D eigenvalue weighted by Crippen LogP contribution is -2.40. The lowest BCUT2D eigenvalue weighted by Gasteiger charge is -2.36. The lowest BCUT2D eigenvalue weighted by atomic mass is 9.75. The van der Waals surface area contributed by atoms with Gasteiger partial charge < -0.3 is 14.8 Å². The van der Waals surface area contributed by atoms with Crippen LogP contribution in [0.2, 0.25) is 0 Å². The Balaban J connectivity index is 1.46. The summed E-state index contributed by atoms with van der Waals surface area (Å²) in [6.07, 6.45) is 4.06. The van der Waals surface area contributed by atoms with Crippen LogP contribution in [-0.4, -0.2) is 48.0 Å². The molecule has 2 aliphatic heterocycles. The van der Waals surface area contributed by atoms with Gasteiger partial charge in [-0.3, -0.25) is 9.48 Å². The van der Waals surface area contributed by atoms with Crippen molar-refractivity contribution in [1.29, 1.82) is 0 Å². The van der Waals surface area contributed by atoms with Crippen LogP contribution in [0.1, 0.15) is 69.4 Å². The van der Waals surface area contributed by atoms with Crippen LogP contribution in [-0.2, 0) is 28.9 Å². The maximum atomic E-state index is 12.9. The largest absolute Gasteiger partial charge is 0.462 e. The minimum atomic E-state index is -0.287. The highest BCUT2D eigenvalue weighted by atomic mass is 16.5. The Morgan fingerprint density at radius 1 is 1.28 bits per heavy atom. The fourth-order valence-corrected chi connectivity index (χ4v) is 4.82. The van der Waals surface area contributed by atoms with E-state index < -0.39 is 0 Å². The third-order valence-corrected chi connectivity index (χ3v) is 6.99. The summed E-state index contributed by atoms with van der Waals surface area (Å²) >= 11 is 0. The molecule has 1 aromatic heterocycles. The molecule has 0 bridgehead atoms. The molecule has 1 saturated heterocycles. The summed E-state index contributed by atoms with van der Waals surface area (Å²) in [5, 5.41) is 7.90. The molecule has 1 aromatic carbocycles. The van der Waals surface area contributed by atoms with E-state index in [0.717, 1.165) is 54.9 Å². The van der Waals surface area contributed by atoms with Crippen molar-refractivity contribution in [3.05, 3.63) is 51.8 Å². The van der Waals surface area contributed by atoms with Gasteiger partial charge in [0.15, 0.2) is 0 Å². The minimum absolute atomic E-state index is 0.0324. The van der Waals surface area contributed by atoms with E-state index in [0.29, 0.717) is 43.8 Å². The van der Waals surface area contributed by atoms with E-state index in [1.165, 1.54) is 0 Å². The fourth-order valence-electron chi connectivity index (χ4n) is 4.82. The highest BCUT2D eigenvalue weighted by Gasteiger charge is 2.39. The van der Waals surface area contributed by atoms with Crippen molar-refractivity contribution < 1.29 is 19.1 Å². The van der Waals surface area contributed by atoms with Gasteiger partial charge in [-0.25, -0.2) is 4.79 Å². The summed E-state index contributed by atoms with van der Waals surface area (Å²) in [7, 11) is 0. The number of rotatable bonds is 6. The molecule has 0 radical (unpaired) electrons. The number of carbonyl (C=O) groups is 2. The third-order valence-electron chi connectivity index (χ3n) is 6.99. The normalized spacial score (nSPS) is 17.5. The van der Waals surface area contributed by atoms with Gasteiger partial charge in [-0.1, -0.05) is 12.1 Å². The minimum Gasteiger partial charge on any atom is -0.462 e. The first-order chi connectivity index (χ1) is 15.4. The van der Waals surface area contributed by atoms with Gasteiger partial charge in [0.25, 0.3) is 5.91 Å². The fraction of sp³-hybridized carbons (Fsp3) is 0.560. The second-order valence-corrected chi connectivity index (χ2v) is 9.05. The molecule has 3 heterocycles. The average molecular weight is 440 g/mol. The number of amides is 1. The zero-order valence-electron chi connectivity index (χ0n) is 19.3. The second kappa shape index (κ2) is 9.45. The van der Waals surface area contributed by atoms with Crippen molar-refractivity contribution in [1.82, 2.24) is 15.1 Å². The summed E-state index contributed by atoms with van der Waals surface area (Å²) in [4.78, 5) is 25.4. The van der Waals surface area contributed by atoms with Gasteiger partial charge in [0.1, 0.15) is 5.69 Å². The van der Waals surface area contributed by atoms with Crippen molar-refractivity contribution in [3.63, 3.8) is 0 Å². The van der Waals surface area contributed by atoms with Gasteiger partial charge in [-0.2, -0.15) is 5.10 Å². The Morgan fingerprint density at radius 3 is 2.81 bits per heavy atom. The zero-order chi connectivity index (χ0) is 22.7. The number of aromatic nitrogens is 2. The van der Waals surface area contributed by atoms with Crippen LogP contribution in [0.15, 0.2) is 18.2 Å². The van der Waals surface area contributed by atoms with Crippen molar-refractivity contribution in [3.8, 4) is 0 Å². The molecular formula is C25H33N3O4. The van der Waals surface area contributed by atoms with Crippen LogP contribution in [0.5, 0.6) is 0 Å². The molecule has 32 heavy (non-hydrogen) atoms. The lowest BCUT2D eigenvalue weighted by molar-refractivity contribution is 0.0160. The highest BCUT2D eigenvalue weighted by Crippen LogP contribution is 2.37. The van der Waals surface area contributed by atoms with Crippen LogP contribution >= 0.6 is 0 Å². The van der Waals surface area contributed by atoms with Gasteiger partial charge in [-0.15, -0.1) is 0 Å². The van der Waals surface area contributed by atoms with E-state index in [9.17, 15) is 9.59 Å². The summed E-state index contributed by atoms with van der Waals surface area (Å²) in [5.41, 5.74) is 5.39. The number of ether oxygens (including phenoxy) is 2. The zero-order valence-corrected chi connectivity index (χ0v) is 19.3. The monoisotopic (exact) mass is 439 g/mol. The number of hydrogen-bond donors (Lipinski definition) is 1. The number of carbonyl (C=O) groups excluding carboxylic acids is 2. The quantitative estimate of drug-likeness (QED) is 0.551. The smallest absolute Gasteiger partial charge is 0.338 e. The Morgan fingerprint density at radius 2 is 2.06 bits per heavy atom. The molecule has 1 amide bonds. The molecule has 2 aromatic rings. The first-order valence-corrected chi connectivity index (χ1v) is 11.6. The SMILES string of the molecule is CCn1nc(CCCOC(=O)c2cccc(C)c2C)c2c1C(=O)NCC1(CCOCC1)C2. The Labute approximate surface area is 189 Å². The van der Waals surface area contributed by atoms with Crippen molar-refractivity contribution in [2.24, 2.45) is 5.41 Å². The van der Waals surface area contributed by atoms with Gasteiger partial charge >= 0.3 is 5.97 Å². The van der Waals surface area contributed by atoms with Crippen LogP contribution in [0.3, 0.4) is 0 Å². The van der Waals surface area contributed by atoms with E-state index in [2.05, 4.69) is 5.32 Å². The molecular weight excluding hydrogens is 406 g/mol. The summed E-state index contributed by atoms with van der Waals surface area (Å²) in [6.45, 7) is 9.05. The summed E-state index contributed by atoms with van der Waals surface area (Å²) in [5.74, 6) is -0.324. The molecule has 7 nitrogen and oxygen atoms in total. The van der Waals surface area contributed by atoms with Gasteiger partial charge in [0, 0.05) is 31.9 Å². The number of fused-ring (bicyclic) bond motifs is 1. The van der Waals surface area contributed by atoms with Gasteiger partial charge in [0.05, 0.1) is 17.9 Å². The molecule has 2 aliphatic rings. The average Bonchev–Trinajstić information content (AvgIpc) is 3.07. The highest BCUT2D eigenvalue weighted by molar-refractivity contribution is 5.95. The number of nitrogens with one attached hydrogen (secondary N) is 1. The molecule has 0 saturated carbocycles. The number of aryl methyl sites for hydroxylation is 3. The van der Waals surface area contributed by atoms with Crippen LogP contribution < -0.4 is 5.32 Å². The van der Waals surface area contributed by atoms with Gasteiger partial charge in [0.2, 0.25) is 0 Å². The first kappa shape index (κ1) is 22.5. The molecule has 0 aliphatic carbocycles. The number of benzene rings is 1. The molecule has 0 atom stereocenters. The molecule has 7 heteroatoms. The first-order valence-electron chi connectivity index (χ1n) is 11.6. The van der Waals surface area contributed by atoms with Crippen molar-refractivity contribution >= 4 is 11.9 Å². The Kier molecular flexibility index (Phi) is 6.65. The van der Waals surface area contributed by atoms with Crippen LogP contribution in [0.25, 0.3) is 0 Å². The van der Waals surface area contributed by atoms with Gasteiger partial charge in [-0.05, 0) is 75.5 Å². The maximum Gasteiger partial charge on any atom is 0.338 e. The predicted octanol–water partition coefficient (Wildman–Crippen LogP) is 3.39. The number of esters is 1. The molecule has 0 unspecified atom stereocenters. The standard InChI is InChI=1S/C25H33N3O4/c1-4-28-22-20(15-25(16-26-23(22)29)10-13-31-14-11-25)21(27-28)9-6-12-32-24(30)19-8-5-7-17(2)18(19)3/h5,7-8H,4,6,9-16H2,1-3H3,(H,26,29). The third kappa shape index (κ3) is 4.44. The molecule has 1 N–H and O–H groups in total. The van der Waals surface area contributed by atoms with E-state index in [1.807, 2.05) is 37.6 Å². The Bertz CT molecular complexity index is 1000. The summed E-state index contributed by atoms with van der Waals surface area (Å²) < 4.78 is 13.0.